The van der Waals surface area contributed by atoms with Crippen LogP contribution in [0.4, 0.5) is 11.4 Å². The van der Waals surface area contributed by atoms with E-state index in [1.165, 1.54) is 4.90 Å². The standard InChI is InChI=1S/C13H12BrN3O/c1-17(10-3-2-6-16-8-10)13(18)11-5-4-9(14)7-12(11)15/h2-8H,15H2,1H3. The summed E-state index contributed by atoms with van der Waals surface area (Å²) in [4.78, 5) is 17.8. The summed E-state index contributed by atoms with van der Waals surface area (Å²) >= 11 is 3.31. The van der Waals surface area contributed by atoms with Crippen molar-refractivity contribution in [2.45, 2.75) is 0 Å². The fourth-order valence-electron chi connectivity index (χ4n) is 1.58. The highest BCUT2D eigenvalue weighted by Gasteiger charge is 2.16. The van der Waals surface area contributed by atoms with Gasteiger partial charge in [-0.2, -0.15) is 0 Å². The van der Waals surface area contributed by atoms with E-state index >= 15 is 0 Å². The Balaban J connectivity index is 2.32. The predicted molar refractivity (Wildman–Crippen MR) is 75.5 cm³/mol. The van der Waals surface area contributed by atoms with E-state index in [0.29, 0.717) is 11.3 Å². The second-order valence-electron chi connectivity index (χ2n) is 3.81. The first kappa shape index (κ1) is 12.6. The van der Waals surface area contributed by atoms with Gasteiger partial charge in [0.15, 0.2) is 0 Å². The van der Waals surface area contributed by atoms with Crippen molar-refractivity contribution in [2.24, 2.45) is 0 Å². The molecule has 0 aliphatic carbocycles. The van der Waals surface area contributed by atoms with Gasteiger partial charge >= 0.3 is 0 Å². The number of nitrogens with two attached hydrogens (primary N) is 1. The Labute approximate surface area is 114 Å². The van der Waals surface area contributed by atoms with Crippen molar-refractivity contribution in [1.29, 1.82) is 0 Å². The van der Waals surface area contributed by atoms with Gasteiger partial charge in [-0.15, -0.1) is 0 Å². The van der Waals surface area contributed by atoms with E-state index in [1.54, 1.807) is 43.7 Å². The van der Waals surface area contributed by atoms with Gasteiger partial charge in [0, 0.05) is 23.4 Å². The van der Waals surface area contributed by atoms with Crippen molar-refractivity contribution >= 4 is 33.2 Å². The molecule has 5 heteroatoms. The average Bonchev–Trinajstić information content (AvgIpc) is 2.38. The summed E-state index contributed by atoms with van der Waals surface area (Å²) in [7, 11) is 1.70. The van der Waals surface area contributed by atoms with Gasteiger partial charge in [0.2, 0.25) is 0 Å². The lowest BCUT2D eigenvalue weighted by atomic mass is 10.1. The summed E-state index contributed by atoms with van der Waals surface area (Å²) in [6.45, 7) is 0. The highest BCUT2D eigenvalue weighted by atomic mass is 79.9. The molecular formula is C13H12BrN3O. The lowest BCUT2D eigenvalue weighted by Gasteiger charge is -2.17. The topological polar surface area (TPSA) is 59.2 Å². The summed E-state index contributed by atoms with van der Waals surface area (Å²) in [5.74, 6) is -0.159. The fourth-order valence-corrected chi connectivity index (χ4v) is 1.96. The third-order valence-electron chi connectivity index (χ3n) is 2.58. The number of hydrogen-bond acceptors (Lipinski definition) is 3. The molecule has 0 aliphatic rings. The zero-order valence-electron chi connectivity index (χ0n) is 9.80. The minimum Gasteiger partial charge on any atom is -0.398 e. The first-order chi connectivity index (χ1) is 8.59. The lowest BCUT2D eigenvalue weighted by Crippen LogP contribution is -2.27. The molecule has 0 atom stereocenters. The molecule has 0 saturated heterocycles. The van der Waals surface area contributed by atoms with Crippen LogP contribution in [0.15, 0.2) is 47.2 Å². The molecule has 0 unspecified atom stereocenters. The summed E-state index contributed by atoms with van der Waals surface area (Å²) in [6.07, 6.45) is 3.29. The summed E-state index contributed by atoms with van der Waals surface area (Å²) in [6, 6.07) is 8.81. The molecule has 4 nitrogen and oxygen atoms in total. The van der Waals surface area contributed by atoms with E-state index in [2.05, 4.69) is 20.9 Å². The zero-order valence-corrected chi connectivity index (χ0v) is 11.4. The highest BCUT2D eigenvalue weighted by molar-refractivity contribution is 9.10. The van der Waals surface area contributed by atoms with E-state index in [-0.39, 0.29) is 5.91 Å². The van der Waals surface area contributed by atoms with Gasteiger partial charge in [0.05, 0.1) is 17.4 Å². The first-order valence-electron chi connectivity index (χ1n) is 5.32. The van der Waals surface area contributed by atoms with Crippen LogP contribution in [0.3, 0.4) is 0 Å². The lowest BCUT2D eigenvalue weighted by molar-refractivity contribution is 0.0994. The van der Waals surface area contributed by atoms with Crippen LogP contribution >= 0.6 is 15.9 Å². The SMILES string of the molecule is CN(C(=O)c1ccc(Br)cc1N)c1cccnc1. The number of aromatic nitrogens is 1. The Morgan fingerprint density at radius 1 is 1.39 bits per heavy atom. The van der Waals surface area contributed by atoms with Crippen LogP contribution in [0.5, 0.6) is 0 Å². The van der Waals surface area contributed by atoms with Gasteiger partial charge in [0.25, 0.3) is 5.91 Å². The van der Waals surface area contributed by atoms with Crippen LogP contribution in [0.1, 0.15) is 10.4 Å². The number of nitrogens with zero attached hydrogens (tertiary/aromatic N) is 2. The smallest absolute Gasteiger partial charge is 0.260 e. The molecule has 1 heterocycles. The minimum absolute atomic E-state index is 0.159. The van der Waals surface area contributed by atoms with Gasteiger partial charge in [0.1, 0.15) is 0 Å². The predicted octanol–water partition coefficient (Wildman–Crippen LogP) is 2.70. The molecule has 0 aliphatic heterocycles. The zero-order chi connectivity index (χ0) is 13.1. The highest BCUT2D eigenvalue weighted by Crippen LogP contribution is 2.21. The molecule has 2 aromatic rings. The number of benzene rings is 1. The Morgan fingerprint density at radius 2 is 2.17 bits per heavy atom. The van der Waals surface area contributed by atoms with Gasteiger partial charge in [-0.3, -0.25) is 9.78 Å². The summed E-state index contributed by atoms with van der Waals surface area (Å²) in [5, 5.41) is 0. The number of amides is 1. The molecule has 1 amide bonds. The molecule has 2 N–H and O–H groups in total. The molecule has 0 spiro atoms. The van der Waals surface area contributed by atoms with Crippen molar-refractivity contribution in [3.05, 3.63) is 52.8 Å². The van der Waals surface area contributed by atoms with Crippen LogP contribution in [0.25, 0.3) is 0 Å². The number of rotatable bonds is 2. The van der Waals surface area contributed by atoms with Crippen LogP contribution in [-0.4, -0.2) is 17.9 Å². The van der Waals surface area contributed by atoms with Crippen molar-refractivity contribution in [1.82, 2.24) is 4.98 Å². The molecule has 1 aromatic carbocycles. The third kappa shape index (κ3) is 2.51. The Bertz CT molecular complexity index is 572. The van der Waals surface area contributed by atoms with Crippen molar-refractivity contribution < 1.29 is 4.79 Å². The summed E-state index contributed by atoms with van der Waals surface area (Å²) in [5.41, 5.74) is 7.50. The van der Waals surface area contributed by atoms with E-state index in [4.69, 9.17) is 5.73 Å². The Morgan fingerprint density at radius 3 is 2.78 bits per heavy atom. The average molecular weight is 306 g/mol. The second-order valence-corrected chi connectivity index (χ2v) is 4.72. The number of carbonyl (C=O) groups excluding carboxylic acids is 1. The van der Waals surface area contributed by atoms with Crippen molar-refractivity contribution in [3.63, 3.8) is 0 Å². The van der Waals surface area contributed by atoms with Crippen molar-refractivity contribution in [3.8, 4) is 0 Å². The van der Waals surface area contributed by atoms with E-state index in [0.717, 1.165) is 10.2 Å². The molecule has 2 rings (SSSR count). The number of anilines is 2. The van der Waals surface area contributed by atoms with Gasteiger partial charge in [-0.1, -0.05) is 15.9 Å². The monoisotopic (exact) mass is 305 g/mol. The molecule has 1 aromatic heterocycles. The number of carbonyl (C=O) groups is 1. The van der Waals surface area contributed by atoms with Crippen LogP contribution in [0, 0.1) is 0 Å². The largest absolute Gasteiger partial charge is 0.398 e. The summed E-state index contributed by atoms with van der Waals surface area (Å²) < 4.78 is 0.848. The van der Waals surface area contributed by atoms with Crippen molar-refractivity contribution in [2.75, 3.05) is 17.7 Å². The first-order valence-corrected chi connectivity index (χ1v) is 6.12. The maximum Gasteiger partial charge on any atom is 0.260 e. The fraction of sp³-hybridized carbons (Fsp3) is 0.0769. The minimum atomic E-state index is -0.159. The number of hydrogen-bond donors (Lipinski definition) is 1. The molecule has 0 radical (unpaired) electrons. The van der Waals surface area contributed by atoms with Crippen LogP contribution in [-0.2, 0) is 0 Å². The molecular weight excluding hydrogens is 294 g/mol. The normalized spacial score (nSPS) is 10.1. The van der Waals surface area contributed by atoms with Crippen LogP contribution in [0.2, 0.25) is 0 Å². The quantitative estimate of drug-likeness (QED) is 0.868. The molecule has 0 bridgehead atoms. The van der Waals surface area contributed by atoms with Gasteiger partial charge in [-0.05, 0) is 30.3 Å². The number of pyridine rings is 1. The maximum atomic E-state index is 12.3. The third-order valence-corrected chi connectivity index (χ3v) is 3.08. The van der Waals surface area contributed by atoms with Gasteiger partial charge < -0.3 is 10.6 Å². The van der Waals surface area contributed by atoms with E-state index < -0.39 is 0 Å². The van der Waals surface area contributed by atoms with Crippen LogP contribution < -0.4 is 10.6 Å². The maximum absolute atomic E-state index is 12.3. The number of halogens is 1. The molecule has 18 heavy (non-hydrogen) atoms. The molecule has 0 fully saturated rings. The molecule has 92 valence electrons. The Kier molecular flexibility index (Phi) is 3.62. The Hall–Kier alpha value is -1.88. The van der Waals surface area contributed by atoms with E-state index in [1.807, 2.05) is 6.07 Å². The molecule has 0 saturated carbocycles. The number of nitrogen functional groups attached to an aromatic ring is 1. The van der Waals surface area contributed by atoms with E-state index in [9.17, 15) is 4.79 Å². The van der Waals surface area contributed by atoms with Gasteiger partial charge in [-0.25, -0.2) is 0 Å². The second kappa shape index (κ2) is 5.18.